The SMILES string of the molecule is O=[N+]([O-])c1cc(Cl)cc(Br)c1OCCCCO. The summed E-state index contributed by atoms with van der Waals surface area (Å²) < 4.78 is 5.77. The third-order valence-corrected chi connectivity index (χ3v) is 2.79. The van der Waals surface area contributed by atoms with Crippen molar-refractivity contribution in [3.8, 4) is 5.75 Å². The molecule has 17 heavy (non-hydrogen) atoms. The minimum Gasteiger partial charge on any atom is -0.486 e. The predicted octanol–water partition coefficient (Wildman–Crippen LogP) is 3.16. The molecule has 0 saturated carbocycles. The summed E-state index contributed by atoms with van der Waals surface area (Å²) in [6, 6.07) is 2.78. The lowest BCUT2D eigenvalue weighted by Gasteiger charge is -2.08. The Morgan fingerprint density at radius 1 is 1.47 bits per heavy atom. The molecule has 7 heteroatoms. The van der Waals surface area contributed by atoms with Gasteiger partial charge in [0, 0.05) is 17.7 Å². The topological polar surface area (TPSA) is 72.6 Å². The molecule has 94 valence electrons. The number of benzene rings is 1. The van der Waals surface area contributed by atoms with Gasteiger partial charge in [-0.1, -0.05) is 11.6 Å². The van der Waals surface area contributed by atoms with Crippen LogP contribution in [0.3, 0.4) is 0 Å². The summed E-state index contributed by atoms with van der Waals surface area (Å²) in [6.07, 6.45) is 1.22. The van der Waals surface area contributed by atoms with Crippen molar-refractivity contribution in [1.29, 1.82) is 0 Å². The van der Waals surface area contributed by atoms with Crippen LogP contribution in [0, 0.1) is 10.1 Å². The Morgan fingerprint density at radius 2 is 2.18 bits per heavy atom. The van der Waals surface area contributed by atoms with Crippen LogP contribution in [0.2, 0.25) is 5.02 Å². The summed E-state index contributed by atoms with van der Waals surface area (Å²) in [5.74, 6) is 0.164. The molecule has 0 saturated heterocycles. The fourth-order valence-electron chi connectivity index (χ4n) is 1.21. The lowest BCUT2D eigenvalue weighted by Crippen LogP contribution is -2.02. The van der Waals surface area contributed by atoms with E-state index in [4.69, 9.17) is 21.4 Å². The van der Waals surface area contributed by atoms with E-state index in [1.165, 1.54) is 12.1 Å². The molecule has 0 aliphatic rings. The van der Waals surface area contributed by atoms with Gasteiger partial charge in [0.15, 0.2) is 0 Å². The van der Waals surface area contributed by atoms with Crippen molar-refractivity contribution < 1.29 is 14.8 Å². The summed E-state index contributed by atoms with van der Waals surface area (Å²) in [4.78, 5) is 10.3. The minimum atomic E-state index is -0.544. The van der Waals surface area contributed by atoms with Crippen molar-refractivity contribution in [3.05, 3.63) is 31.7 Å². The average Bonchev–Trinajstić information content (AvgIpc) is 2.25. The number of nitrogens with zero attached hydrogens (tertiary/aromatic N) is 1. The van der Waals surface area contributed by atoms with Gasteiger partial charge in [0.2, 0.25) is 5.75 Å². The van der Waals surface area contributed by atoms with Crippen molar-refractivity contribution >= 4 is 33.2 Å². The van der Waals surface area contributed by atoms with Gasteiger partial charge in [-0.3, -0.25) is 10.1 Å². The standard InChI is InChI=1S/C10H11BrClNO4/c11-8-5-7(12)6-9(13(15)16)10(8)17-4-2-1-3-14/h5-6,14H,1-4H2. The lowest BCUT2D eigenvalue weighted by molar-refractivity contribution is -0.385. The van der Waals surface area contributed by atoms with Crippen LogP contribution in [0.4, 0.5) is 5.69 Å². The van der Waals surface area contributed by atoms with Crippen molar-refractivity contribution in [3.63, 3.8) is 0 Å². The van der Waals surface area contributed by atoms with Crippen LogP contribution in [0.1, 0.15) is 12.8 Å². The highest BCUT2D eigenvalue weighted by Gasteiger charge is 2.19. The summed E-state index contributed by atoms with van der Waals surface area (Å²) in [7, 11) is 0. The van der Waals surface area contributed by atoms with Crippen LogP contribution in [0.15, 0.2) is 16.6 Å². The molecular weight excluding hydrogens is 313 g/mol. The Balaban J connectivity index is 2.85. The molecular formula is C10H11BrClNO4. The molecule has 5 nitrogen and oxygen atoms in total. The number of rotatable bonds is 6. The van der Waals surface area contributed by atoms with Crippen LogP contribution in [-0.2, 0) is 0 Å². The van der Waals surface area contributed by atoms with Crippen molar-refractivity contribution in [2.45, 2.75) is 12.8 Å². The second kappa shape index (κ2) is 6.78. The number of hydrogen-bond acceptors (Lipinski definition) is 4. The number of nitro benzene ring substituents is 1. The van der Waals surface area contributed by atoms with E-state index in [0.717, 1.165) is 0 Å². The smallest absolute Gasteiger partial charge is 0.313 e. The number of aliphatic hydroxyl groups is 1. The highest BCUT2D eigenvalue weighted by atomic mass is 79.9. The van der Waals surface area contributed by atoms with Gasteiger partial charge >= 0.3 is 5.69 Å². The number of hydrogen-bond donors (Lipinski definition) is 1. The molecule has 0 spiro atoms. The van der Waals surface area contributed by atoms with E-state index in [9.17, 15) is 10.1 Å². The van der Waals surface area contributed by atoms with Gasteiger partial charge < -0.3 is 9.84 Å². The molecule has 0 radical (unpaired) electrons. The van der Waals surface area contributed by atoms with Gasteiger partial charge in [0.25, 0.3) is 0 Å². The maximum Gasteiger partial charge on any atom is 0.313 e. The van der Waals surface area contributed by atoms with E-state index >= 15 is 0 Å². The first-order chi connectivity index (χ1) is 8.06. The molecule has 1 rings (SSSR count). The normalized spacial score (nSPS) is 10.3. The number of ether oxygens (including phenoxy) is 1. The van der Waals surface area contributed by atoms with Gasteiger partial charge in [-0.15, -0.1) is 0 Å². The second-order valence-electron chi connectivity index (χ2n) is 3.27. The predicted molar refractivity (Wildman–Crippen MR) is 67.6 cm³/mol. The first-order valence-corrected chi connectivity index (χ1v) is 6.10. The van der Waals surface area contributed by atoms with E-state index < -0.39 is 4.92 Å². The van der Waals surface area contributed by atoms with E-state index in [1.807, 2.05) is 0 Å². The van der Waals surface area contributed by atoms with Crippen LogP contribution in [0.25, 0.3) is 0 Å². The number of unbranched alkanes of at least 4 members (excludes halogenated alkanes) is 1. The number of nitro groups is 1. The summed E-state index contributed by atoms with van der Waals surface area (Å²) >= 11 is 8.90. The first kappa shape index (κ1) is 14.2. The minimum absolute atomic E-state index is 0.0766. The molecule has 1 aromatic rings. The van der Waals surface area contributed by atoms with Gasteiger partial charge in [0.1, 0.15) is 0 Å². The Labute approximate surface area is 112 Å². The molecule has 1 aromatic carbocycles. The maximum absolute atomic E-state index is 10.8. The fourth-order valence-corrected chi connectivity index (χ4v) is 2.12. The van der Waals surface area contributed by atoms with Gasteiger partial charge in [-0.25, -0.2) is 0 Å². The zero-order chi connectivity index (χ0) is 12.8. The molecule has 0 unspecified atom stereocenters. The molecule has 1 N–H and O–H groups in total. The van der Waals surface area contributed by atoms with Gasteiger partial charge in [-0.2, -0.15) is 0 Å². The Bertz CT molecular complexity index is 414. The summed E-state index contributed by atoms with van der Waals surface area (Å²) in [6.45, 7) is 0.384. The summed E-state index contributed by atoms with van der Waals surface area (Å²) in [5, 5.41) is 19.7. The third-order valence-electron chi connectivity index (χ3n) is 1.98. The van der Waals surface area contributed by atoms with Crippen molar-refractivity contribution in [2.24, 2.45) is 0 Å². The third kappa shape index (κ3) is 4.14. The number of aliphatic hydroxyl groups excluding tert-OH is 1. The van der Waals surface area contributed by atoms with E-state index in [0.29, 0.717) is 23.9 Å². The lowest BCUT2D eigenvalue weighted by atomic mass is 10.3. The first-order valence-electron chi connectivity index (χ1n) is 4.93. The Kier molecular flexibility index (Phi) is 5.67. The highest BCUT2D eigenvalue weighted by molar-refractivity contribution is 9.10. The molecule has 0 bridgehead atoms. The second-order valence-corrected chi connectivity index (χ2v) is 4.56. The fraction of sp³-hybridized carbons (Fsp3) is 0.400. The molecule has 0 fully saturated rings. The van der Waals surface area contributed by atoms with Crippen LogP contribution in [0.5, 0.6) is 5.75 Å². The molecule has 0 amide bonds. The molecule has 0 heterocycles. The zero-order valence-corrected chi connectivity index (χ0v) is 11.2. The zero-order valence-electron chi connectivity index (χ0n) is 8.86. The van der Waals surface area contributed by atoms with Gasteiger partial charge in [0.05, 0.1) is 16.0 Å². The molecule has 0 aliphatic heterocycles. The largest absolute Gasteiger partial charge is 0.486 e. The molecule has 0 atom stereocenters. The van der Waals surface area contributed by atoms with Crippen LogP contribution < -0.4 is 4.74 Å². The van der Waals surface area contributed by atoms with Crippen LogP contribution >= 0.6 is 27.5 Å². The van der Waals surface area contributed by atoms with Crippen LogP contribution in [-0.4, -0.2) is 23.2 Å². The van der Waals surface area contributed by atoms with E-state index in [2.05, 4.69) is 15.9 Å². The quantitative estimate of drug-likeness (QED) is 0.495. The monoisotopic (exact) mass is 323 g/mol. The molecule has 0 aliphatic carbocycles. The summed E-state index contributed by atoms with van der Waals surface area (Å²) in [5.41, 5.74) is -0.173. The Morgan fingerprint density at radius 3 is 2.76 bits per heavy atom. The molecule has 0 aromatic heterocycles. The maximum atomic E-state index is 10.8. The number of halogens is 2. The Hall–Kier alpha value is -0.850. The van der Waals surface area contributed by atoms with Crippen molar-refractivity contribution in [1.82, 2.24) is 0 Å². The van der Waals surface area contributed by atoms with Crippen molar-refractivity contribution in [2.75, 3.05) is 13.2 Å². The van der Waals surface area contributed by atoms with E-state index in [-0.39, 0.29) is 23.1 Å². The highest BCUT2D eigenvalue weighted by Crippen LogP contribution is 2.37. The van der Waals surface area contributed by atoms with E-state index in [1.54, 1.807) is 0 Å². The average molecular weight is 325 g/mol. The van der Waals surface area contributed by atoms with Gasteiger partial charge in [-0.05, 0) is 34.8 Å².